The van der Waals surface area contributed by atoms with Gasteiger partial charge in [0, 0.05) is 10.6 Å². The summed E-state index contributed by atoms with van der Waals surface area (Å²) < 4.78 is 28.7. The average molecular weight is 383 g/mol. The molecule has 5 nitrogen and oxygen atoms in total. The standard InChI is InChI=1S/C18H17ClF2N2O3/c1-11(12-5-7-14(19)8-6-12)23-16(24)10-22-17(25)13-3-2-4-15(9-13)26-18(20)21/h2-9,11,18H,10H2,1H3,(H,22,25)(H,23,24). The van der Waals surface area contributed by atoms with Crippen LogP contribution < -0.4 is 15.4 Å². The zero-order valence-electron chi connectivity index (χ0n) is 13.8. The van der Waals surface area contributed by atoms with E-state index in [-0.39, 0.29) is 29.8 Å². The van der Waals surface area contributed by atoms with E-state index in [0.717, 1.165) is 5.56 Å². The molecule has 0 radical (unpaired) electrons. The molecule has 0 spiro atoms. The maximum absolute atomic E-state index is 12.2. The van der Waals surface area contributed by atoms with Crippen molar-refractivity contribution in [3.63, 3.8) is 0 Å². The molecule has 138 valence electrons. The Morgan fingerprint density at radius 1 is 1.15 bits per heavy atom. The topological polar surface area (TPSA) is 67.4 Å². The fraction of sp³-hybridized carbons (Fsp3) is 0.222. The van der Waals surface area contributed by atoms with Crippen LogP contribution in [-0.4, -0.2) is 25.0 Å². The van der Waals surface area contributed by atoms with Crippen LogP contribution in [0.25, 0.3) is 0 Å². The second kappa shape index (κ2) is 9.15. The molecule has 0 saturated heterocycles. The maximum atomic E-state index is 12.2. The summed E-state index contributed by atoms with van der Waals surface area (Å²) in [6, 6.07) is 12.1. The molecular weight excluding hydrogens is 366 g/mol. The van der Waals surface area contributed by atoms with Crippen molar-refractivity contribution in [2.75, 3.05) is 6.54 Å². The first-order chi connectivity index (χ1) is 12.3. The Balaban J connectivity index is 1.86. The first kappa shape index (κ1) is 19.7. The summed E-state index contributed by atoms with van der Waals surface area (Å²) in [5, 5.41) is 5.76. The molecule has 0 bridgehead atoms. The summed E-state index contributed by atoms with van der Waals surface area (Å²) in [5.41, 5.74) is 0.979. The smallest absolute Gasteiger partial charge is 0.387 e. The lowest BCUT2D eigenvalue weighted by atomic mass is 10.1. The number of amides is 2. The second-order valence-electron chi connectivity index (χ2n) is 5.43. The third kappa shape index (κ3) is 6.00. The summed E-state index contributed by atoms with van der Waals surface area (Å²) in [6.07, 6.45) is 0. The molecule has 1 unspecified atom stereocenters. The number of ether oxygens (including phenoxy) is 1. The van der Waals surface area contributed by atoms with Gasteiger partial charge in [0.2, 0.25) is 5.91 Å². The quantitative estimate of drug-likeness (QED) is 0.769. The van der Waals surface area contributed by atoms with E-state index in [9.17, 15) is 18.4 Å². The van der Waals surface area contributed by atoms with Gasteiger partial charge in [0.25, 0.3) is 5.91 Å². The Morgan fingerprint density at radius 2 is 1.85 bits per heavy atom. The number of alkyl halides is 2. The van der Waals surface area contributed by atoms with Gasteiger partial charge in [-0.3, -0.25) is 9.59 Å². The van der Waals surface area contributed by atoms with Crippen LogP contribution in [0.2, 0.25) is 5.02 Å². The number of benzene rings is 2. The van der Waals surface area contributed by atoms with Gasteiger partial charge in [0.05, 0.1) is 12.6 Å². The van der Waals surface area contributed by atoms with Crippen LogP contribution in [0.3, 0.4) is 0 Å². The number of carbonyl (C=O) groups excluding carboxylic acids is 2. The third-order valence-electron chi connectivity index (χ3n) is 3.48. The third-order valence-corrected chi connectivity index (χ3v) is 3.73. The minimum absolute atomic E-state index is 0.113. The van der Waals surface area contributed by atoms with Crippen molar-refractivity contribution in [1.82, 2.24) is 10.6 Å². The molecule has 0 saturated carbocycles. The lowest BCUT2D eigenvalue weighted by Crippen LogP contribution is -2.38. The summed E-state index contributed by atoms with van der Waals surface area (Å²) in [6.45, 7) is -1.43. The van der Waals surface area contributed by atoms with E-state index in [1.807, 2.05) is 0 Å². The van der Waals surface area contributed by atoms with E-state index < -0.39 is 12.5 Å². The highest BCUT2D eigenvalue weighted by atomic mass is 35.5. The van der Waals surface area contributed by atoms with Gasteiger partial charge in [0.1, 0.15) is 5.75 Å². The van der Waals surface area contributed by atoms with Crippen LogP contribution in [0.1, 0.15) is 28.9 Å². The number of halogens is 3. The molecule has 2 rings (SSSR count). The molecule has 0 aliphatic heterocycles. The predicted molar refractivity (Wildman–Crippen MR) is 93.4 cm³/mol. The Kier molecular flexibility index (Phi) is 6.91. The van der Waals surface area contributed by atoms with E-state index in [1.54, 1.807) is 31.2 Å². The van der Waals surface area contributed by atoms with Gasteiger partial charge in [-0.25, -0.2) is 0 Å². The monoisotopic (exact) mass is 382 g/mol. The van der Waals surface area contributed by atoms with Gasteiger partial charge in [0.15, 0.2) is 0 Å². The number of nitrogens with one attached hydrogen (secondary N) is 2. The minimum atomic E-state index is -2.98. The first-order valence-corrected chi connectivity index (χ1v) is 8.11. The Labute approximate surface area is 154 Å². The lowest BCUT2D eigenvalue weighted by molar-refractivity contribution is -0.120. The fourth-order valence-electron chi connectivity index (χ4n) is 2.20. The summed E-state index contributed by atoms with van der Waals surface area (Å²) in [4.78, 5) is 24.0. The van der Waals surface area contributed by atoms with Crippen LogP contribution in [0.5, 0.6) is 5.75 Å². The number of hydrogen-bond acceptors (Lipinski definition) is 3. The van der Waals surface area contributed by atoms with Gasteiger partial charge in [-0.05, 0) is 42.8 Å². The summed E-state index contributed by atoms with van der Waals surface area (Å²) >= 11 is 5.82. The maximum Gasteiger partial charge on any atom is 0.387 e. The minimum Gasteiger partial charge on any atom is -0.435 e. The van der Waals surface area contributed by atoms with E-state index in [4.69, 9.17) is 11.6 Å². The largest absolute Gasteiger partial charge is 0.435 e. The zero-order valence-corrected chi connectivity index (χ0v) is 14.6. The van der Waals surface area contributed by atoms with E-state index >= 15 is 0 Å². The normalized spacial score (nSPS) is 11.7. The molecule has 0 aromatic heterocycles. The Hall–Kier alpha value is -2.67. The number of carbonyl (C=O) groups is 2. The van der Waals surface area contributed by atoms with Crippen LogP contribution in [0.15, 0.2) is 48.5 Å². The molecule has 0 aliphatic rings. The molecular formula is C18H17ClF2N2O3. The Morgan fingerprint density at radius 3 is 2.50 bits per heavy atom. The molecule has 26 heavy (non-hydrogen) atoms. The molecule has 2 aromatic rings. The number of rotatable bonds is 7. The van der Waals surface area contributed by atoms with Gasteiger partial charge in [-0.1, -0.05) is 29.8 Å². The first-order valence-electron chi connectivity index (χ1n) is 7.73. The molecule has 2 amide bonds. The highest BCUT2D eigenvalue weighted by Crippen LogP contribution is 2.17. The second-order valence-corrected chi connectivity index (χ2v) is 5.87. The van der Waals surface area contributed by atoms with Crippen molar-refractivity contribution in [2.24, 2.45) is 0 Å². The van der Waals surface area contributed by atoms with Crippen molar-refractivity contribution in [3.05, 3.63) is 64.7 Å². The van der Waals surface area contributed by atoms with Gasteiger partial charge < -0.3 is 15.4 Å². The number of hydrogen-bond donors (Lipinski definition) is 2. The van der Waals surface area contributed by atoms with E-state index in [2.05, 4.69) is 15.4 Å². The summed E-state index contributed by atoms with van der Waals surface area (Å²) in [7, 11) is 0. The molecule has 0 heterocycles. The van der Waals surface area contributed by atoms with E-state index in [0.29, 0.717) is 5.02 Å². The molecule has 0 fully saturated rings. The van der Waals surface area contributed by atoms with E-state index in [1.165, 1.54) is 24.3 Å². The van der Waals surface area contributed by atoms with Crippen molar-refractivity contribution in [1.29, 1.82) is 0 Å². The van der Waals surface area contributed by atoms with Crippen LogP contribution >= 0.6 is 11.6 Å². The molecule has 0 aliphatic carbocycles. The Bertz CT molecular complexity index is 769. The highest BCUT2D eigenvalue weighted by molar-refractivity contribution is 6.30. The molecule has 8 heteroatoms. The zero-order chi connectivity index (χ0) is 19.1. The van der Waals surface area contributed by atoms with Crippen molar-refractivity contribution < 1.29 is 23.1 Å². The van der Waals surface area contributed by atoms with Crippen LogP contribution in [0, 0.1) is 0 Å². The van der Waals surface area contributed by atoms with Gasteiger partial charge in [-0.2, -0.15) is 8.78 Å². The fourth-order valence-corrected chi connectivity index (χ4v) is 2.33. The molecule has 1 atom stereocenters. The van der Waals surface area contributed by atoms with Gasteiger partial charge in [-0.15, -0.1) is 0 Å². The van der Waals surface area contributed by atoms with Crippen molar-refractivity contribution in [3.8, 4) is 5.75 Å². The lowest BCUT2D eigenvalue weighted by Gasteiger charge is -2.15. The average Bonchev–Trinajstić information content (AvgIpc) is 2.59. The van der Waals surface area contributed by atoms with Crippen LogP contribution in [0.4, 0.5) is 8.78 Å². The predicted octanol–water partition coefficient (Wildman–Crippen LogP) is 3.55. The summed E-state index contributed by atoms with van der Waals surface area (Å²) in [5.74, 6) is -1.09. The highest BCUT2D eigenvalue weighted by Gasteiger charge is 2.13. The van der Waals surface area contributed by atoms with Crippen LogP contribution in [-0.2, 0) is 4.79 Å². The molecule has 2 aromatic carbocycles. The van der Waals surface area contributed by atoms with Crippen molar-refractivity contribution >= 4 is 23.4 Å². The molecule has 2 N–H and O–H groups in total. The van der Waals surface area contributed by atoms with Crippen molar-refractivity contribution in [2.45, 2.75) is 19.6 Å². The SMILES string of the molecule is CC(NC(=O)CNC(=O)c1cccc(OC(F)F)c1)c1ccc(Cl)cc1. The van der Waals surface area contributed by atoms with Gasteiger partial charge >= 0.3 is 6.61 Å².